The van der Waals surface area contributed by atoms with Gasteiger partial charge in [0.2, 0.25) is 0 Å². The van der Waals surface area contributed by atoms with Crippen molar-refractivity contribution in [1.29, 1.82) is 0 Å². The van der Waals surface area contributed by atoms with Crippen molar-refractivity contribution in [3.05, 3.63) is 83.9 Å². The van der Waals surface area contributed by atoms with Crippen molar-refractivity contribution in [2.45, 2.75) is 26.7 Å². The second kappa shape index (κ2) is 7.35. The van der Waals surface area contributed by atoms with Gasteiger partial charge in [-0.3, -0.25) is 0 Å². The molecule has 0 amide bonds. The normalized spacial score (nSPS) is 10.7. The fraction of sp³-hybridized carbons (Fsp3) is 0.174. The molecule has 2 nitrogen and oxygen atoms in total. The first-order valence-electron chi connectivity index (χ1n) is 8.58. The monoisotopic (exact) mass is 329 g/mol. The maximum atomic E-state index is 9.46. The van der Waals surface area contributed by atoms with E-state index in [-0.39, 0.29) is 0 Å². The van der Waals surface area contributed by atoms with E-state index in [1.165, 1.54) is 10.8 Å². The molecule has 0 saturated carbocycles. The highest BCUT2D eigenvalue weighted by Crippen LogP contribution is 2.25. The van der Waals surface area contributed by atoms with Crippen LogP contribution in [0.25, 0.3) is 21.8 Å². The lowest BCUT2D eigenvalue weighted by Crippen LogP contribution is -1.87. The van der Waals surface area contributed by atoms with E-state index in [0.717, 1.165) is 22.2 Å². The quantitative estimate of drug-likeness (QED) is 0.421. The molecule has 0 aliphatic carbocycles. The molecule has 25 heavy (non-hydrogen) atoms. The molecule has 4 rings (SSSR count). The molecule has 3 aromatic carbocycles. The Morgan fingerprint density at radius 3 is 1.84 bits per heavy atom. The lowest BCUT2D eigenvalue weighted by Gasteiger charge is -2.07. The Balaban J connectivity index is 0.000000151. The fourth-order valence-corrected chi connectivity index (χ4v) is 2.86. The van der Waals surface area contributed by atoms with Crippen LogP contribution in [0.5, 0.6) is 5.75 Å². The number of hydrogen-bond acceptors (Lipinski definition) is 2. The largest absolute Gasteiger partial charge is 0.508 e. The molecule has 126 valence electrons. The zero-order chi connectivity index (χ0) is 17.8. The van der Waals surface area contributed by atoms with Gasteiger partial charge < -0.3 is 5.11 Å². The standard InChI is InChI=1S/C13H9N.C10H14O/c1-3-7-12-10(5-1)9-11-6-2-4-8-13(11)14-12;1-7(2)9-5-4-8(3)6-10(9)11/h1-9H;4-7,11H,1-3H3. The molecule has 0 unspecified atom stereocenters. The number of para-hydroxylation sites is 2. The Morgan fingerprint density at radius 1 is 0.760 bits per heavy atom. The van der Waals surface area contributed by atoms with Gasteiger partial charge in [-0.25, -0.2) is 4.98 Å². The number of aromatic nitrogens is 1. The smallest absolute Gasteiger partial charge is 0.119 e. The Morgan fingerprint density at radius 2 is 1.32 bits per heavy atom. The van der Waals surface area contributed by atoms with Crippen molar-refractivity contribution in [2.75, 3.05) is 0 Å². The summed E-state index contributed by atoms with van der Waals surface area (Å²) in [5.41, 5.74) is 4.25. The third-order valence-electron chi connectivity index (χ3n) is 4.23. The predicted octanol–water partition coefficient (Wildman–Crippen LogP) is 6.21. The topological polar surface area (TPSA) is 33.1 Å². The average Bonchev–Trinajstić information content (AvgIpc) is 2.60. The molecule has 0 saturated heterocycles. The highest BCUT2D eigenvalue weighted by molar-refractivity contribution is 5.92. The average molecular weight is 329 g/mol. The molecule has 0 spiro atoms. The van der Waals surface area contributed by atoms with Crippen LogP contribution >= 0.6 is 0 Å². The van der Waals surface area contributed by atoms with E-state index in [2.05, 4.69) is 37.0 Å². The second-order valence-electron chi connectivity index (χ2n) is 6.59. The van der Waals surface area contributed by atoms with Gasteiger partial charge in [-0.1, -0.05) is 62.4 Å². The van der Waals surface area contributed by atoms with Gasteiger partial charge in [-0.05, 0) is 48.2 Å². The van der Waals surface area contributed by atoms with Gasteiger partial charge in [0.15, 0.2) is 0 Å². The van der Waals surface area contributed by atoms with E-state index >= 15 is 0 Å². The summed E-state index contributed by atoms with van der Waals surface area (Å²) in [6.45, 7) is 6.12. The fourth-order valence-electron chi connectivity index (χ4n) is 2.86. The minimum atomic E-state index is 0.399. The van der Waals surface area contributed by atoms with Crippen molar-refractivity contribution in [3.63, 3.8) is 0 Å². The van der Waals surface area contributed by atoms with E-state index in [0.29, 0.717) is 11.7 Å². The molecule has 4 aromatic rings. The highest BCUT2D eigenvalue weighted by Gasteiger charge is 2.04. The van der Waals surface area contributed by atoms with Gasteiger partial charge in [-0.2, -0.15) is 0 Å². The molecule has 0 bridgehead atoms. The molecule has 0 aliphatic rings. The first-order chi connectivity index (χ1) is 12.0. The zero-order valence-corrected chi connectivity index (χ0v) is 14.9. The summed E-state index contributed by atoms with van der Waals surface area (Å²) in [7, 11) is 0. The summed E-state index contributed by atoms with van der Waals surface area (Å²) in [6, 6.07) is 24.4. The molecule has 0 atom stereocenters. The number of aromatic hydroxyl groups is 1. The van der Waals surface area contributed by atoms with Crippen molar-refractivity contribution < 1.29 is 5.11 Å². The number of pyridine rings is 1. The van der Waals surface area contributed by atoms with Crippen LogP contribution in [0, 0.1) is 6.92 Å². The van der Waals surface area contributed by atoms with Gasteiger partial charge in [-0.15, -0.1) is 0 Å². The van der Waals surface area contributed by atoms with Crippen LogP contribution in [0.15, 0.2) is 72.8 Å². The van der Waals surface area contributed by atoms with Gasteiger partial charge in [0.05, 0.1) is 11.0 Å². The van der Waals surface area contributed by atoms with Gasteiger partial charge in [0, 0.05) is 10.8 Å². The first kappa shape index (κ1) is 17.0. The maximum Gasteiger partial charge on any atom is 0.119 e. The summed E-state index contributed by atoms with van der Waals surface area (Å²) in [5.74, 6) is 0.815. The number of hydrogen-bond donors (Lipinski definition) is 1. The summed E-state index contributed by atoms with van der Waals surface area (Å²) in [6.07, 6.45) is 0. The lowest BCUT2D eigenvalue weighted by atomic mass is 10.0. The molecule has 1 N–H and O–H groups in total. The van der Waals surface area contributed by atoms with E-state index in [1.54, 1.807) is 6.07 Å². The van der Waals surface area contributed by atoms with Crippen LogP contribution < -0.4 is 0 Å². The molecule has 0 fully saturated rings. The summed E-state index contributed by atoms with van der Waals surface area (Å²) in [5, 5.41) is 11.9. The van der Waals surface area contributed by atoms with E-state index in [1.807, 2.05) is 55.5 Å². The van der Waals surface area contributed by atoms with Crippen molar-refractivity contribution in [2.24, 2.45) is 0 Å². The Kier molecular flexibility index (Phi) is 4.99. The Hall–Kier alpha value is -2.87. The molecular formula is C23H23NO. The molecular weight excluding hydrogens is 306 g/mol. The molecule has 1 heterocycles. The number of fused-ring (bicyclic) bond motifs is 2. The van der Waals surface area contributed by atoms with Crippen LogP contribution in [0.2, 0.25) is 0 Å². The molecule has 2 heteroatoms. The molecule has 1 aromatic heterocycles. The number of phenols is 1. The predicted molar refractivity (Wildman–Crippen MR) is 106 cm³/mol. The van der Waals surface area contributed by atoms with Crippen LogP contribution in [0.4, 0.5) is 0 Å². The lowest BCUT2D eigenvalue weighted by molar-refractivity contribution is 0.464. The van der Waals surface area contributed by atoms with Gasteiger partial charge in [0.1, 0.15) is 5.75 Å². The van der Waals surface area contributed by atoms with Crippen molar-refractivity contribution in [3.8, 4) is 5.75 Å². The number of aryl methyl sites for hydroxylation is 1. The Labute approximate surface area is 148 Å². The highest BCUT2D eigenvalue weighted by atomic mass is 16.3. The number of nitrogens with zero attached hydrogens (tertiary/aromatic N) is 1. The van der Waals surface area contributed by atoms with E-state index in [4.69, 9.17) is 0 Å². The third-order valence-corrected chi connectivity index (χ3v) is 4.23. The molecule has 0 radical (unpaired) electrons. The zero-order valence-electron chi connectivity index (χ0n) is 14.9. The minimum absolute atomic E-state index is 0.399. The summed E-state index contributed by atoms with van der Waals surface area (Å²) in [4.78, 5) is 4.58. The van der Waals surface area contributed by atoms with Crippen molar-refractivity contribution >= 4 is 21.8 Å². The van der Waals surface area contributed by atoms with Crippen molar-refractivity contribution in [1.82, 2.24) is 4.98 Å². The van der Waals surface area contributed by atoms with Gasteiger partial charge in [0.25, 0.3) is 0 Å². The first-order valence-corrected chi connectivity index (χ1v) is 8.58. The van der Waals surface area contributed by atoms with Crippen LogP contribution in [-0.4, -0.2) is 10.1 Å². The Bertz CT molecular complexity index is 900. The number of phenolic OH excluding ortho intramolecular Hbond substituents is 1. The maximum absolute atomic E-state index is 9.46. The summed E-state index contributed by atoms with van der Waals surface area (Å²) >= 11 is 0. The summed E-state index contributed by atoms with van der Waals surface area (Å²) < 4.78 is 0. The van der Waals surface area contributed by atoms with Crippen LogP contribution in [0.1, 0.15) is 30.9 Å². The number of benzene rings is 3. The van der Waals surface area contributed by atoms with Crippen LogP contribution in [0.3, 0.4) is 0 Å². The van der Waals surface area contributed by atoms with E-state index in [9.17, 15) is 5.11 Å². The number of rotatable bonds is 1. The SMILES string of the molecule is Cc1ccc(C(C)C)c(O)c1.c1ccc2nc3ccccc3cc2c1. The van der Waals surface area contributed by atoms with E-state index < -0.39 is 0 Å². The second-order valence-corrected chi connectivity index (χ2v) is 6.59. The van der Waals surface area contributed by atoms with Crippen LogP contribution in [-0.2, 0) is 0 Å². The van der Waals surface area contributed by atoms with Gasteiger partial charge >= 0.3 is 0 Å². The minimum Gasteiger partial charge on any atom is -0.508 e. The third kappa shape index (κ3) is 3.97. The molecule has 0 aliphatic heterocycles.